The SMILES string of the molecule is Cc1cnc(N2CCO[C@H](C)C2)nc1N1CCO[C@@H](C)C1. The van der Waals surface area contributed by atoms with Gasteiger partial charge in [0.25, 0.3) is 0 Å². The summed E-state index contributed by atoms with van der Waals surface area (Å²) in [4.78, 5) is 13.8. The molecule has 0 bridgehead atoms. The fourth-order valence-corrected chi connectivity index (χ4v) is 2.91. The number of anilines is 2. The van der Waals surface area contributed by atoms with E-state index in [1.54, 1.807) is 0 Å². The number of aromatic nitrogens is 2. The highest BCUT2D eigenvalue weighted by molar-refractivity contribution is 5.50. The van der Waals surface area contributed by atoms with E-state index in [1.807, 2.05) is 6.20 Å². The first kappa shape index (κ1) is 14.5. The second-order valence-corrected chi connectivity index (χ2v) is 5.93. The highest BCUT2D eigenvalue weighted by Gasteiger charge is 2.23. The standard InChI is InChI=1S/C15H24N4O2/c1-11-8-16-15(19-5-7-21-13(3)10-19)17-14(11)18-4-6-20-12(2)9-18/h8,12-13H,4-7,9-10H2,1-3H3/t12-,13+/m0/s1. The Morgan fingerprint density at radius 1 is 1.05 bits per heavy atom. The molecular formula is C15H24N4O2. The molecule has 0 amide bonds. The van der Waals surface area contributed by atoms with Crippen molar-refractivity contribution in [3.8, 4) is 0 Å². The number of rotatable bonds is 2. The summed E-state index contributed by atoms with van der Waals surface area (Å²) in [5.74, 6) is 1.85. The van der Waals surface area contributed by atoms with Gasteiger partial charge in [-0.3, -0.25) is 0 Å². The van der Waals surface area contributed by atoms with Gasteiger partial charge in [-0.15, -0.1) is 0 Å². The minimum absolute atomic E-state index is 0.232. The number of hydrogen-bond acceptors (Lipinski definition) is 6. The number of ether oxygens (including phenoxy) is 2. The average molecular weight is 292 g/mol. The Morgan fingerprint density at radius 3 is 2.33 bits per heavy atom. The van der Waals surface area contributed by atoms with Crippen LogP contribution in [0.3, 0.4) is 0 Å². The van der Waals surface area contributed by atoms with Gasteiger partial charge in [-0.25, -0.2) is 4.98 Å². The summed E-state index contributed by atoms with van der Waals surface area (Å²) in [6.07, 6.45) is 2.41. The summed E-state index contributed by atoms with van der Waals surface area (Å²) in [7, 11) is 0. The predicted octanol–water partition coefficient (Wildman–Crippen LogP) is 1.24. The van der Waals surface area contributed by atoms with Gasteiger partial charge in [-0.2, -0.15) is 4.98 Å². The van der Waals surface area contributed by atoms with E-state index in [9.17, 15) is 0 Å². The predicted molar refractivity (Wildman–Crippen MR) is 82.0 cm³/mol. The van der Waals surface area contributed by atoms with Crippen molar-refractivity contribution in [2.24, 2.45) is 0 Å². The van der Waals surface area contributed by atoms with Gasteiger partial charge in [0.05, 0.1) is 25.4 Å². The van der Waals surface area contributed by atoms with Crippen LogP contribution in [-0.4, -0.2) is 61.6 Å². The van der Waals surface area contributed by atoms with E-state index < -0.39 is 0 Å². The maximum absolute atomic E-state index is 5.62. The zero-order valence-electron chi connectivity index (χ0n) is 13.1. The van der Waals surface area contributed by atoms with E-state index in [0.29, 0.717) is 0 Å². The molecule has 3 heterocycles. The molecule has 6 heteroatoms. The molecule has 2 aliphatic heterocycles. The topological polar surface area (TPSA) is 50.7 Å². The van der Waals surface area contributed by atoms with Gasteiger partial charge in [0.1, 0.15) is 5.82 Å². The van der Waals surface area contributed by atoms with Gasteiger partial charge in [0, 0.05) is 37.9 Å². The first-order chi connectivity index (χ1) is 10.1. The van der Waals surface area contributed by atoms with Gasteiger partial charge in [-0.05, 0) is 20.8 Å². The van der Waals surface area contributed by atoms with E-state index >= 15 is 0 Å². The van der Waals surface area contributed by atoms with E-state index in [1.165, 1.54) is 0 Å². The molecule has 2 atom stereocenters. The number of aryl methyl sites for hydroxylation is 1. The lowest BCUT2D eigenvalue weighted by atomic mass is 10.2. The normalized spacial score (nSPS) is 27.0. The second kappa shape index (κ2) is 6.15. The maximum atomic E-state index is 5.62. The molecule has 0 aliphatic carbocycles. The van der Waals surface area contributed by atoms with Crippen LogP contribution in [0.4, 0.5) is 11.8 Å². The third-order valence-corrected chi connectivity index (χ3v) is 4.00. The molecule has 1 aromatic heterocycles. The molecule has 3 rings (SSSR count). The van der Waals surface area contributed by atoms with Crippen LogP contribution >= 0.6 is 0 Å². The third-order valence-electron chi connectivity index (χ3n) is 4.00. The first-order valence-electron chi connectivity index (χ1n) is 7.70. The Balaban J connectivity index is 1.82. The molecular weight excluding hydrogens is 268 g/mol. The largest absolute Gasteiger partial charge is 0.375 e. The zero-order chi connectivity index (χ0) is 14.8. The molecule has 0 saturated carbocycles. The van der Waals surface area contributed by atoms with Crippen molar-refractivity contribution in [3.05, 3.63) is 11.8 Å². The van der Waals surface area contributed by atoms with E-state index in [0.717, 1.165) is 56.7 Å². The van der Waals surface area contributed by atoms with Gasteiger partial charge in [-0.1, -0.05) is 0 Å². The van der Waals surface area contributed by atoms with Gasteiger partial charge < -0.3 is 19.3 Å². The third kappa shape index (κ3) is 3.27. The van der Waals surface area contributed by atoms with Crippen LogP contribution in [0.1, 0.15) is 19.4 Å². The van der Waals surface area contributed by atoms with Crippen molar-refractivity contribution in [1.82, 2.24) is 9.97 Å². The van der Waals surface area contributed by atoms with E-state index in [4.69, 9.17) is 14.5 Å². The molecule has 0 spiro atoms. The Kier molecular flexibility index (Phi) is 4.26. The summed E-state index contributed by atoms with van der Waals surface area (Å²) >= 11 is 0. The molecule has 2 saturated heterocycles. The van der Waals surface area contributed by atoms with Crippen molar-refractivity contribution in [2.45, 2.75) is 33.0 Å². The van der Waals surface area contributed by atoms with E-state index in [2.05, 4.69) is 35.6 Å². The van der Waals surface area contributed by atoms with Crippen LogP contribution in [0.2, 0.25) is 0 Å². The molecule has 116 valence electrons. The van der Waals surface area contributed by atoms with Gasteiger partial charge in [0.15, 0.2) is 0 Å². The summed E-state index contributed by atoms with van der Waals surface area (Å²) < 4.78 is 11.2. The summed E-state index contributed by atoms with van der Waals surface area (Å²) in [5, 5.41) is 0. The molecule has 1 aromatic rings. The molecule has 21 heavy (non-hydrogen) atoms. The average Bonchev–Trinajstić information content (AvgIpc) is 2.47. The first-order valence-corrected chi connectivity index (χ1v) is 7.70. The number of hydrogen-bond donors (Lipinski definition) is 0. The lowest BCUT2D eigenvalue weighted by Gasteiger charge is -2.34. The maximum Gasteiger partial charge on any atom is 0.227 e. The summed E-state index contributed by atoms with van der Waals surface area (Å²) in [5.41, 5.74) is 1.12. The molecule has 6 nitrogen and oxygen atoms in total. The fourth-order valence-electron chi connectivity index (χ4n) is 2.91. The zero-order valence-corrected chi connectivity index (χ0v) is 13.1. The Labute approximate surface area is 126 Å². The summed E-state index contributed by atoms with van der Waals surface area (Å²) in [6, 6.07) is 0. The van der Waals surface area contributed by atoms with Crippen molar-refractivity contribution >= 4 is 11.8 Å². The van der Waals surface area contributed by atoms with Gasteiger partial charge in [0.2, 0.25) is 5.95 Å². The molecule has 0 unspecified atom stereocenters. The minimum atomic E-state index is 0.232. The van der Waals surface area contributed by atoms with Crippen LogP contribution in [0.15, 0.2) is 6.20 Å². The van der Waals surface area contributed by atoms with Crippen LogP contribution in [-0.2, 0) is 9.47 Å². The lowest BCUT2D eigenvalue weighted by Crippen LogP contribution is -2.43. The van der Waals surface area contributed by atoms with Crippen molar-refractivity contribution in [3.63, 3.8) is 0 Å². The lowest BCUT2D eigenvalue weighted by molar-refractivity contribution is 0.0521. The van der Waals surface area contributed by atoms with Crippen LogP contribution in [0.25, 0.3) is 0 Å². The number of nitrogens with zero attached hydrogens (tertiary/aromatic N) is 4. The molecule has 2 aliphatic rings. The van der Waals surface area contributed by atoms with Crippen LogP contribution in [0, 0.1) is 6.92 Å². The monoisotopic (exact) mass is 292 g/mol. The molecule has 0 aromatic carbocycles. The molecule has 0 radical (unpaired) electrons. The van der Waals surface area contributed by atoms with Crippen LogP contribution in [0.5, 0.6) is 0 Å². The number of morpholine rings is 2. The summed E-state index contributed by atoms with van der Waals surface area (Å²) in [6.45, 7) is 11.2. The highest BCUT2D eigenvalue weighted by Crippen LogP contribution is 2.23. The van der Waals surface area contributed by atoms with Crippen molar-refractivity contribution < 1.29 is 9.47 Å². The smallest absolute Gasteiger partial charge is 0.227 e. The Morgan fingerprint density at radius 2 is 1.67 bits per heavy atom. The Hall–Kier alpha value is -1.40. The van der Waals surface area contributed by atoms with Crippen molar-refractivity contribution in [1.29, 1.82) is 0 Å². The second-order valence-electron chi connectivity index (χ2n) is 5.93. The quantitative estimate of drug-likeness (QED) is 0.817. The fraction of sp³-hybridized carbons (Fsp3) is 0.733. The van der Waals surface area contributed by atoms with E-state index in [-0.39, 0.29) is 12.2 Å². The van der Waals surface area contributed by atoms with Gasteiger partial charge >= 0.3 is 0 Å². The highest BCUT2D eigenvalue weighted by atomic mass is 16.5. The van der Waals surface area contributed by atoms with Crippen LogP contribution < -0.4 is 9.80 Å². The van der Waals surface area contributed by atoms with Crippen molar-refractivity contribution in [2.75, 3.05) is 49.2 Å². The Bertz CT molecular complexity index is 497. The minimum Gasteiger partial charge on any atom is -0.375 e. The molecule has 0 N–H and O–H groups in total. The molecule has 2 fully saturated rings.